The molecule has 0 bridgehead atoms. The predicted molar refractivity (Wildman–Crippen MR) is 85.7 cm³/mol. The SMILES string of the molecule is COc1ccc(C(=O)O[C@H](C)C(=O)Nc2ccc(F)c(Cl)c2)cn1. The van der Waals surface area contributed by atoms with Crippen LogP contribution in [0.25, 0.3) is 0 Å². The minimum atomic E-state index is -1.07. The number of carbonyl (C=O) groups excluding carboxylic acids is 2. The highest BCUT2D eigenvalue weighted by molar-refractivity contribution is 6.31. The van der Waals surface area contributed by atoms with E-state index >= 15 is 0 Å². The number of methoxy groups -OCH3 is 1. The van der Waals surface area contributed by atoms with Crippen molar-refractivity contribution >= 4 is 29.2 Å². The van der Waals surface area contributed by atoms with E-state index in [1.165, 1.54) is 44.5 Å². The lowest BCUT2D eigenvalue weighted by Gasteiger charge is -2.13. The van der Waals surface area contributed by atoms with E-state index in [4.69, 9.17) is 21.1 Å². The number of halogens is 2. The smallest absolute Gasteiger partial charge is 0.340 e. The number of hydrogen-bond donors (Lipinski definition) is 1. The zero-order valence-corrected chi connectivity index (χ0v) is 13.6. The van der Waals surface area contributed by atoms with Crippen LogP contribution in [0.1, 0.15) is 17.3 Å². The highest BCUT2D eigenvalue weighted by Gasteiger charge is 2.19. The van der Waals surface area contributed by atoms with Crippen molar-refractivity contribution in [2.45, 2.75) is 13.0 Å². The second-order valence-corrected chi connectivity index (χ2v) is 5.16. The van der Waals surface area contributed by atoms with E-state index in [9.17, 15) is 14.0 Å². The van der Waals surface area contributed by atoms with Crippen molar-refractivity contribution in [1.82, 2.24) is 4.98 Å². The number of benzene rings is 1. The Kier molecular flexibility index (Phi) is 5.70. The van der Waals surface area contributed by atoms with Crippen LogP contribution in [0.5, 0.6) is 5.88 Å². The number of carbonyl (C=O) groups is 2. The molecule has 0 aliphatic heterocycles. The monoisotopic (exact) mass is 352 g/mol. The number of aromatic nitrogens is 1. The Labute approximate surface area is 142 Å². The minimum absolute atomic E-state index is 0.123. The fraction of sp³-hybridized carbons (Fsp3) is 0.188. The van der Waals surface area contributed by atoms with E-state index in [1.807, 2.05) is 0 Å². The van der Waals surface area contributed by atoms with Crippen molar-refractivity contribution in [3.05, 3.63) is 52.9 Å². The summed E-state index contributed by atoms with van der Waals surface area (Å²) in [6.07, 6.45) is 0.217. The number of pyridine rings is 1. The molecule has 0 fully saturated rings. The molecular formula is C16H14ClFN2O4. The second-order valence-electron chi connectivity index (χ2n) is 4.75. The molecule has 8 heteroatoms. The molecule has 0 aliphatic carbocycles. The number of hydrogen-bond acceptors (Lipinski definition) is 5. The van der Waals surface area contributed by atoms with E-state index in [-0.39, 0.29) is 10.6 Å². The molecule has 1 amide bonds. The summed E-state index contributed by atoms with van der Waals surface area (Å²) in [4.78, 5) is 27.9. The maximum Gasteiger partial charge on any atom is 0.340 e. The topological polar surface area (TPSA) is 77.5 Å². The van der Waals surface area contributed by atoms with Crippen LogP contribution in [0, 0.1) is 5.82 Å². The van der Waals surface area contributed by atoms with Crippen molar-refractivity contribution in [1.29, 1.82) is 0 Å². The maximum absolute atomic E-state index is 13.1. The van der Waals surface area contributed by atoms with Gasteiger partial charge in [0.1, 0.15) is 5.82 Å². The molecule has 1 aromatic heterocycles. The molecule has 0 saturated carbocycles. The molecule has 2 rings (SSSR count). The molecule has 1 atom stereocenters. The Balaban J connectivity index is 1.97. The van der Waals surface area contributed by atoms with Crippen LogP contribution in [-0.4, -0.2) is 30.1 Å². The molecule has 2 aromatic rings. The van der Waals surface area contributed by atoms with Crippen LogP contribution in [0.2, 0.25) is 5.02 Å². The van der Waals surface area contributed by atoms with Gasteiger partial charge < -0.3 is 14.8 Å². The van der Waals surface area contributed by atoms with Gasteiger partial charge in [-0.2, -0.15) is 0 Å². The van der Waals surface area contributed by atoms with Gasteiger partial charge in [-0.15, -0.1) is 0 Å². The average Bonchev–Trinajstić information content (AvgIpc) is 2.58. The lowest BCUT2D eigenvalue weighted by atomic mass is 10.2. The summed E-state index contributed by atoms with van der Waals surface area (Å²) in [5.41, 5.74) is 0.473. The van der Waals surface area contributed by atoms with E-state index in [0.29, 0.717) is 11.6 Å². The molecule has 1 aromatic carbocycles. The normalized spacial score (nSPS) is 11.5. The first-order chi connectivity index (χ1) is 11.4. The van der Waals surface area contributed by atoms with Crippen LogP contribution in [0.4, 0.5) is 10.1 Å². The first-order valence-corrected chi connectivity index (χ1v) is 7.25. The van der Waals surface area contributed by atoms with E-state index in [1.54, 1.807) is 0 Å². The molecule has 0 spiro atoms. The molecule has 6 nitrogen and oxygen atoms in total. The fourth-order valence-corrected chi connectivity index (χ4v) is 1.90. The van der Waals surface area contributed by atoms with Gasteiger partial charge in [-0.05, 0) is 31.2 Å². The molecular weight excluding hydrogens is 339 g/mol. The quantitative estimate of drug-likeness (QED) is 0.837. The Morgan fingerprint density at radius 2 is 2.04 bits per heavy atom. The third kappa shape index (κ3) is 4.42. The fourth-order valence-electron chi connectivity index (χ4n) is 1.72. The zero-order chi connectivity index (χ0) is 17.7. The lowest BCUT2D eigenvalue weighted by molar-refractivity contribution is -0.123. The summed E-state index contributed by atoms with van der Waals surface area (Å²) in [7, 11) is 1.45. The van der Waals surface area contributed by atoms with E-state index in [2.05, 4.69) is 10.3 Å². The first-order valence-electron chi connectivity index (χ1n) is 6.87. The van der Waals surface area contributed by atoms with Gasteiger partial charge in [0.25, 0.3) is 5.91 Å². The summed E-state index contributed by atoms with van der Waals surface area (Å²) in [6.45, 7) is 1.41. The van der Waals surface area contributed by atoms with Gasteiger partial charge in [-0.25, -0.2) is 14.2 Å². The van der Waals surface area contributed by atoms with Crippen molar-refractivity contribution in [3.8, 4) is 5.88 Å². The zero-order valence-electron chi connectivity index (χ0n) is 12.9. The number of nitrogens with one attached hydrogen (secondary N) is 1. The Hall–Kier alpha value is -2.67. The average molecular weight is 353 g/mol. The van der Waals surface area contributed by atoms with Gasteiger partial charge in [0.15, 0.2) is 6.10 Å². The van der Waals surface area contributed by atoms with E-state index in [0.717, 1.165) is 6.07 Å². The maximum atomic E-state index is 13.1. The van der Waals surface area contributed by atoms with Gasteiger partial charge in [0.05, 0.1) is 17.7 Å². The highest BCUT2D eigenvalue weighted by atomic mass is 35.5. The standard InChI is InChI=1S/C16H14ClFN2O4/c1-9(15(21)20-11-4-5-13(18)12(17)7-11)24-16(22)10-3-6-14(23-2)19-8-10/h3-9H,1-2H3,(H,20,21)/t9-/m1/s1. The Bertz CT molecular complexity index is 752. The first kappa shape index (κ1) is 17.7. The van der Waals surface area contributed by atoms with Crippen LogP contribution < -0.4 is 10.1 Å². The lowest BCUT2D eigenvalue weighted by Crippen LogP contribution is -2.30. The summed E-state index contributed by atoms with van der Waals surface area (Å²) in [6, 6.07) is 6.70. The van der Waals surface area contributed by atoms with Crippen molar-refractivity contribution in [2.24, 2.45) is 0 Å². The number of rotatable bonds is 5. The third-order valence-electron chi connectivity index (χ3n) is 3.02. The molecule has 1 heterocycles. The largest absolute Gasteiger partial charge is 0.481 e. The van der Waals surface area contributed by atoms with Crippen molar-refractivity contribution in [3.63, 3.8) is 0 Å². The third-order valence-corrected chi connectivity index (χ3v) is 3.31. The van der Waals surface area contributed by atoms with Gasteiger partial charge in [-0.3, -0.25) is 4.79 Å². The molecule has 0 aliphatic rings. The van der Waals surface area contributed by atoms with Gasteiger partial charge >= 0.3 is 5.97 Å². The summed E-state index contributed by atoms with van der Waals surface area (Å²) in [5.74, 6) is -1.52. The minimum Gasteiger partial charge on any atom is -0.481 e. The number of amides is 1. The molecule has 0 unspecified atom stereocenters. The van der Waals surface area contributed by atoms with Gasteiger partial charge in [0.2, 0.25) is 5.88 Å². The summed E-state index contributed by atoms with van der Waals surface area (Å²) >= 11 is 5.64. The van der Waals surface area contributed by atoms with E-state index < -0.39 is 23.8 Å². The molecule has 24 heavy (non-hydrogen) atoms. The number of esters is 1. The van der Waals surface area contributed by atoms with Crippen LogP contribution in [0.3, 0.4) is 0 Å². The number of anilines is 1. The van der Waals surface area contributed by atoms with Crippen molar-refractivity contribution in [2.75, 3.05) is 12.4 Å². The highest BCUT2D eigenvalue weighted by Crippen LogP contribution is 2.19. The molecule has 0 radical (unpaired) electrons. The van der Waals surface area contributed by atoms with Crippen LogP contribution in [0.15, 0.2) is 36.5 Å². The molecule has 1 N–H and O–H groups in total. The second kappa shape index (κ2) is 7.74. The van der Waals surface area contributed by atoms with Gasteiger partial charge in [0, 0.05) is 18.0 Å². The van der Waals surface area contributed by atoms with Crippen LogP contribution in [-0.2, 0) is 9.53 Å². The molecule has 0 saturated heterocycles. The molecule has 126 valence electrons. The van der Waals surface area contributed by atoms with Crippen molar-refractivity contribution < 1.29 is 23.5 Å². The van der Waals surface area contributed by atoms with Crippen LogP contribution >= 0.6 is 11.6 Å². The predicted octanol–water partition coefficient (Wildman–Crippen LogP) is 3.07. The summed E-state index contributed by atoms with van der Waals surface area (Å²) < 4.78 is 23.0. The number of ether oxygens (including phenoxy) is 2. The summed E-state index contributed by atoms with van der Waals surface area (Å²) in [5, 5.41) is 2.36. The Morgan fingerprint density at radius 1 is 1.29 bits per heavy atom. The Morgan fingerprint density at radius 3 is 2.62 bits per heavy atom. The number of nitrogens with zero attached hydrogens (tertiary/aromatic N) is 1. The van der Waals surface area contributed by atoms with Gasteiger partial charge in [-0.1, -0.05) is 11.6 Å².